The summed E-state index contributed by atoms with van der Waals surface area (Å²) in [5.41, 5.74) is 5.38. The van der Waals surface area contributed by atoms with Crippen molar-refractivity contribution in [2.75, 3.05) is 19.8 Å². The molecular formula is C13H29NO. The highest BCUT2D eigenvalue weighted by molar-refractivity contribution is 4.53. The lowest BCUT2D eigenvalue weighted by atomic mass is 9.98. The lowest BCUT2D eigenvalue weighted by Gasteiger charge is -2.10. The summed E-state index contributed by atoms with van der Waals surface area (Å²) in [4.78, 5) is 0. The second-order valence-electron chi connectivity index (χ2n) is 4.50. The Morgan fingerprint density at radius 3 is 2.33 bits per heavy atom. The first-order valence-corrected chi connectivity index (χ1v) is 6.59. The van der Waals surface area contributed by atoms with Gasteiger partial charge in [-0.15, -0.1) is 0 Å². The first-order chi connectivity index (χ1) is 7.31. The fourth-order valence-electron chi connectivity index (χ4n) is 1.71. The van der Waals surface area contributed by atoms with E-state index in [4.69, 9.17) is 10.5 Å². The summed E-state index contributed by atoms with van der Waals surface area (Å²) in [6.07, 6.45) is 9.00. The van der Waals surface area contributed by atoms with Gasteiger partial charge in [0.2, 0.25) is 0 Å². The van der Waals surface area contributed by atoms with E-state index >= 15 is 0 Å². The van der Waals surface area contributed by atoms with Gasteiger partial charge in [-0.05, 0) is 31.7 Å². The van der Waals surface area contributed by atoms with Gasteiger partial charge in [0, 0.05) is 13.2 Å². The summed E-state index contributed by atoms with van der Waals surface area (Å²) in [7, 11) is 0. The maximum atomic E-state index is 5.47. The van der Waals surface area contributed by atoms with Crippen molar-refractivity contribution in [3.63, 3.8) is 0 Å². The predicted molar refractivity (Wildman–Crippen MR) is 67.0 cm³/mol. The molecule has 2 N–H and O–H groups in total. The van der Waals surface area contributed by atoms with Crippen molar-refractivity contribution in [3.8, 4) is 0 Å². The van der Waals surface area contributed by atoms with Gasteiger partial charge in [0.25, 0.3) is 0 Å². The fraction of sp³-hybridized carbons (Fsp3) is 1.00. The third kappa shape index (κ3) is 11.8. The quantitative estimate of drug-likeness (QED) is 0.536. The molecule has 0 fully saturated rings. The molecule has 15 heavy (non-hydrogen) atoms. The van der Waals surface area contributed by atoms with Crippen LogP contribution in [0.4, 0.5) is 0 Å². The zero-order valence-electron chi connectivity index (χ0n) is 10.6. The molecule has 0 heterocycles. The maximum Gasteiger partial charge on any atom is 0.0478 e. The summed E-state index contributed by atoms with van der Waals surface area (Å²) < 4.78 is 5.47. The Morgan fingerprint density at radius 1 is 1.00 bits per heavy atom. The van der Waals surface area contributed by atoms with Crippen molar-refractivity contribution >= 4 is 0 Å². The summed E-state index contributed by atoms with van der Waals surface area (Å²) in [5.74, 6) is 0.870. The van der Waals surface area contributed by atoms with Gasteiger partial charge in [0.1, 0.15) is 0 Å². The molecule has 0 saturated heterocycles. The summed E-state index contributed by atoms with van der Waals surface area (Å²) in [6, 6.07) is 0. The Hall–Kier alpha value is -0.0800. The number of rotatable bonds is 11. The number of unbranched alkanes of at least 4 members (excludes halogenated alkanes) is 2. The van der Waals surface area contributed by atoms with Crippen molar-refractivity contribution < 1.29 is 4.74 Å². The Balaban J connectivity index is 3.06. The van der Waals surface area contributed by atoms with E-state index in [0.717, 1.165) is 32.1 Å². The monoisotopic (exact) mass is 215 g/mol. The van der Waals surface area contributed by atoms with Gasteiger partial charge in [0.05, 0.1) is 0 Å². The minimum atomic E-state index is 0.743. The van der Waals surface area contributed by atoms with E-state index in [-0.39, 0.29) is 0 Å². The van der Waals surface area contributed by atoms with E-state index in [9.17, 15) is 0 Å². The van der Waals surface area contributed by atoms with Crippen LogP contribution in [0.25, 0.3) is 0 Å². The van der Waals surface area contributed by atoms with Crippen LogP contribution in [0.5, 0.6) is 0 Å². The second kappa shape index (κ2) is 12.0. The van der Waals surface area contributed by atoms with Gasteiger partial charge in [-0.1, -0.05) is 39.5 Å². The first-order valence-electron chi connectivity index (χ1n) is 6.59. The van der Waals surface area contributed by atoms with Crippen LogP contribution in [0.3, 0.4) is 0 Å². The molecule has 92 valence electrons. The minimum Gasteiger partial charge on any atom is -0.381 e. The standard InChI is InChI=1S/C13H29NO/c1-3-4-5-8-13(2)9-6-11-15-12-7-10-14/h13H,3-12,14H2,1-2H3. The molecule has 0 amide bonds. The largest absolute Gasteiger partial charge is 0.381 e. The molecule has 0 aromatic heterocycles. The zero-order chi connectivity index (χ0) is 11.4. The molecule has 2 nitrogen and oxygen atoms in total. The van der Waals surface area contributed by atoms with Crippen molar-refractivity contribution in [2.24, 2.45) is 11.7 Å². The van der Waals surface area contributed by atoms with Gasteiger partial charge in [-0.2, -0.15) is 0 Å². The maximum absolute atomic E-state index is 5.47. The molecule has 0 rings (SSSR count). The summed E-state index contributed by atoms with van der Waals surface area (Å²) in [6.45, 7) is 7.11. The molecule has 2 heteroatoms. The lowest BCUT2D eigenvalue weighted by molar-refractivity contribution is 0.126. The molecule has 0 aromatic rings. The van der Waals surface area contributed by atoms with E-state index in [1.807, 2.05) is 0 Å². The normalized spacial score (nSPS) is 13.0. The smallest absolute Gasteiger partial charge is 0.0478 e. The molecular weight excluding hydrogens is 186 g/mol. The molecule has 0 radical (unpaired) electrons. The Morgan fingerprint density at radius 2 is 1.67 bits per heavy atom. The highest BCUT2D eigenvalue weighted by Crippen LogP contribution is 2.14. The van der Waals surface area contributed by atoms with Crippen LogP contribution >= 0.6 is 0 Å². The van der Waals surface area contributed by atoms with E-state index in [1.54, 1.807) is 0 Å². The zero-order valence-corrected chi connectivity index (χ0v) is 10.6. The van der Waals surface area contributed by atoms with Crippen LogP contribution in [0, 0.1) is 5.92 Å². The minimum absolute atomic E-state index is 0.743. The third-order valence-corrected chi connectivity index (χ3v) is 2.78. The van der Waals surface area contributed by atoms with Crippen LogP contribution in [0.15, 0.2) is 0 Å². The number of hydrogen-bond donors (Lipinski definition) is 1. The van der Waals surface area contributed by atoms with Gasteiger partial charge < -0.3 is 10.5 Å². The highest BCUT2D eigenvalue weighted by atomic mass is 16.5. The molecule has 0 saturated carbocycles. The molecule has 1 unspecified atom stereocenters. The number of nitrogens with two attached hydrogens (primary N) is 1. The molecule has 1 atom stereocenters. The fourth-order valence-corrected chi connectivity index (χ4v) is 1.71. The van der Waals surface area contributed by atoms with Crippen molar-refractivity contribution in [3.05, 3.63) is 0 Å². The number of ether oxygens (including phenoxy) is 1. The average molecular weight is 215 g/mol. The summed E-state index contributed by atoms with van der Waals surface area (Å²) >= 11 is 0. The first kappa shape index (κ1) is 14.9. The highest BCUT2D eigenvalue weighted by Gasteiger charge is 2.01. The number of hydrogen-bond acceptors (Lipinski definition) is 2. The van der Waals surface area contributed by atoms with E-state index in [2.05, 4.69) is 13.8 Å². The third-order valence-electron chi connectivity index (χ3n) is 2.78. The predicted octanol–water partition coefficient (Wildman–Crippen LogP) is 3.35. The van der Waals surface area contributed by atoms with Crippen LogP contribution in [-0.4, -0.2) is 19.8 Å². The summed E-state index contributed by atoms with van der Waals surface area (Å²) in [5, 5.41) is 0. The Bertz CT molecular complexity index is 117. The molecule has 0 aliphatic carbocycles. The molecule has 0 bridgehead atoms. The topological polar surface area (TPSA) is 35.2 Å². The molecule has 0 spiro atoms. The second-order valence-corrected chi connectivity index (χ2v) is 4.50. The SMILES string of the molecule is CCCCCC(C)CCCOCCCN. The molecule has 0 aliphatic rings. The Labute approximate surface area is 95.6 Å². The molecule has 0 aliphatic heterocycles. The van der Waals surface area contributed by atoms with E-state index < -0.39 is 0 Å². The van der Waals surface area contributed by atoms with Gasteiger partial charge >= 0.3 is 0 Å². The Kier molecular flexibility index (Phi) is 11.9. The van der Waals surface area contributed by atoms with E-state index in [1.165, 1.54) is 38.5 Å². The van der Waals surface area contributed by atoms with Crippen molar-refractivity contribution in [1.29, 1.82) is 0 Å². The van der Waals surface area contributed by atoms with Crippen molar-refractivity contribution in [2.45, 2.75) is 58.8 Å². The van der Waals surface area contributed by atoms with Crippen LogP contribution in [-0.2, 0) is 4.74 Å². The van der Waals surface area contributed by atoms with Gasteiger partial charge in [-0.3, -0.25) is 0 Å². The average Bonchev–Trinajstić information content (AvgIpc) is 2.23. The van der Waals surface area contributed by atoms with Crippen LogP contribution in [0.1, 0.15) is 58.8 Å². The van der Waals surface area contributed by atoms with Gasteiger partial charge in [0.15, 0.2) is 0 Å². The molecule has 0 aromatic carbocycles. The van der Waals surface area contributed by atoms with Gasteiger partial charge in [-0.25, -0.2) is 0 Å². The van der Waals surface area contributed by atoms with Crippen molar-refractivity contribution in [1.82, 2.24) is 0 Å². The van der Waals surface area contributed by atoms with Crippen LogP contribution in [0.2, 0.25) is 0 Å². The van der Waals surface area contributed by atoms with E-state index in [0.29, 0.717) is 0 Å². The van der Waals surface area contributed by atoms with Crippen LogP contribution < -0.4 is 5.73 Å². The lowest BCUT2D eigenvalue weighted by Crippen LogP contribution is -2.06.